The van der Waals surface area contributed by atoms with E-state index < -0.39 is 6.10 Å². The first-order chi connectivity index (χ1) is 40.5. The molecule has 0 aliphatic carbocycles. The minimum absolute atomic E-state index is 0.107. The average Bonchev–Trinajstić information content (AvgIpc) is 3.48. The molecule has 0 aromatic heterocycles. The molecule has 0 aliphatic heterocycles. The van der Waals surface area contributed by atoms with Crippen LogP contribution in [0.1, 0.15) is 271 Å². The smallest absolute Gasteiger partial charge is 0.306 e. The Morgan fingerprint density at radius 2 is 0.476 bits per heavy atom. The van der Waals surface area contributed by atoms with Crippen molar-refractivity contribution in [3.05, 3.63) is 170 Å². The largest absolute Gasteiger partial charge is 0.462 e. The average molecular weight is 1130 g/mol. The maximum Gasteiger partial charge on any atom is 0.306 e. The molecule has 6 nitrogen and oxygen atoms in total. The Morgan fingerprint density at radius 1 is 0.256 bits per heavy atom. The molecule has 0 radical (unpaired) electrons. The monoisotopic (exact) mass is 1130 g/mol. The van der Waals surface area contributed by atoms with E-state index >= 15 is 0 Å². The van der Waals surface area contributed by atoms with Gasteiger partial charge in [-0.05, 0) is 154 Å². The molecule has 0 aromatic rings. The van der Waals surface area contributed by atoms with Crippen molar-refractivity contribution in [2.45, 2.75) is 277 Å². The van der Waals surface area contributed by atoms with Crippen LogP contribution < -0.4 is 0 Å². The fourth-order valence-corrected chi connectivity index (χ4v) is 8.54. The molecule has 0 amide bonds. The van der Waals surface area contributed by atoms with E-state index in [2.05, 4.69) is 191 Å². The number of ether oxygens (including phenoxy) is 3. The zero-order chi connectivity index (χ0) is 59.2. The predicted molar refractivity (Wildman–Crippen MR) is 357 cm³/mol. The predicted octanol–water partition coefficient (Wildman–Crippen LogP) is 23.0. The van der Waals surface area contributed by atoms with Gasteiger partial charge in [-0.15, -0.1) is 0 Å². The van der Waals surface area contributed by atoms with E-state index in [1.165, 1.54) is 44.9 Å². The molecule has 0 spiro atoms. The molecule has 0 saturated heterocycles. The number of rotatable bonds is 58. The van der Waals surface area contributed by atoms with Gasteiger partial charge >= 0.3 is 17.9 Å². The maximum atomic E-state index is 12.9. The third-order valence-electron chi connectivity index (χ3n) is 13.4. The summed E-state index contributed by atoms with van der Waals surface area (Å²) in [6.07, 6.45) is 101. The lowest BCUT2D eigenvalue weighted by Crippen LogP contribution is -2.30. The van der Waals surface area contributed by atoms with Crippen LogP contribution in [0.25, 0.3) is 0 Å². The Labute approximate surface area is 504 Å². The standard InChI is InChI=1S/C76H120O6/c1-4-7-10-13-16-19-22-25-28-31-32-33-34-35-36-37-38-39-40-41-42-43-44-46-48-51-54-57-60-63-66-69-75(78)81-72-73(71-80-74(77)68-65-62-59-56-53-50-47-30-27-24-21-18-15-12-9-6-3)82-76(79)70-67-64-61-58-55-52-49-45-29-26-23-20-17-14-11-8-5-2/h7-8,10-11,16-17,19-21,24-26,28-30,32-33,35-36,38-39,41-42,44,46-47,49,52,73H,4-6,9,12-15,18,22-23,27,31,34,37,40,43,45,48,50-51,53-72H2,1-3H3/b10-7-,11-8-,19-16-,20-17-,24-21-,28-25-,29-26-,33-32-,36-35-,39-38-,42-41-,46-44-,47-30-,52-49-. The van der Waals surface area contributed by atoms with E-state index in [-0.39, 0.29) is 37.5 Å². The summed E-state index contributed by atoms with van der Waals surface area (Å²) >= 11 is 0. The van der Waals surface area contributed by atoms with Crippen LogP contribution in [0.3, 0.4) is 0 Å². The minimum Gasteiger partial charge on any atom is -0.462 e. The highest BCUT2D eigenvalue weighted by Gasteiger charge is 2.19. The second kappa shape index (κ2) is 68.3. The minimum atomic E-state index is -0.814. The molecular weight excluding hydrogens is 1010 g/mol. The van der Waals surface area contributed by atoms with E-state index in [1.807, 2.05) is 0 Å². The zero-order valence-electron chi connectivity index (χ0n) is 52.7. The summed E-state index contributed by atoms with van der Waals surface area (Å²) in [7, 11) is 0. The molecule has 0 heterocycles. The lowest BCUT2D eigenvalue weighted by atomic mass is 10.1. The Bertz CT molecular complexity index is 1870. The van der Waals surface area contributed by atoms with Gasteiger partial charge in [-0.2, -0.15) is 0 Å². The van der Waals surface area contributed by atoms with Crippen LogP contribution in [0.4, 0.5) is 0 Å². The molecule has 0 saturated carbocycles. The Balaban J connectivity index is 4.43. The number of hydrogen-bond donors (Lipinski definition) is 0. The number of unbranched alkanes of at least 4 members (excludes halogenated alkanes) is 19. The maximum absolute atomic E-state index is 12.9. The molecule has 460 valence electrons. The lowest BCUT2D eigenvalue weighted by Gasteiger charge is -2.18. The normalized spacial score (nSPS) is 13.3. The fourth-order valence-electron chi connectivity index (χ4n) is 8.54. The molecule has 0 aromatic carbocycles. The molecule has 0 aliphatic rings. The van der Waals surface area contributed by atoms with E-state index in [9.17, 15) is 14.4 Å². The Kier molecular flexibility index (Phi) is 63.9. The van der Waals surface area contributed by atoms with Gasteiger partial charge in [-0.1, -0.05) is 268 Å². The van der Waals surface area contributed by atoms with Gasteiger partial charge in [-0.25, -0.2) is 0 Å². The summed E-state index contributed by atoms with van der Waals surface area (Å²) in [6.45, 7) is 6.35. The lowest BCUT2D eigenvalue weighted by molar-refractivity contribution is -0.167. The molecule has 6 heteroatoms. The molecule has 82 heavy (non-hydrogen) atoms. The quantitative estimate of drug-likeness (QED) is 0.0261. The van der Waals surface area contributed by atoms with Crippen LogP contribution in [0.2, 0.25) is 0 Å². The van der Waals surface area contributed by atoms with E-state index in [1.54, 1.807) is 0 Å². The number of carbonyl (C=O) groups is 3. The summed E-state index contributed by atoms with van der Waals surface area (Å²) < 4.78 is 16.9. The van der Waals surface area contributed by atoms with Crippen LogP contribution in [0, 0.1) is 0 Å². The zero-order valence-corrected chi connectivity index (χ0v) is 52.7. The number of allylic oxidation sites excluding steroid dienone is 28. The van der Waals surface area contributed by atoms with Gasteiger partial charge in [0.15, 0.2) is 6.10 Å². The molecule has 0 fully saturated rings. The van der Waals surface area contributed by atoms with Gasteiger partial charge in [0.25, 0.3) is 0 Å². The van der Waals surface area contributed by atoms with Gasteiger partial charge in [0.1, 0.15) is 13.2 Å². The summed E-state index contributed by atoms with van der Waals surface area (Å²) in [5.74, 6) is -0.962. The van der Waals surface area contributed by atoms with Crippen molar-refractivity contribution in [2.24, 2.45) is 0 Å². The van der Waals surface area contributed by atoms with Crippen molar-refractivity contribution in [1.29, 1.82) is 0 Å². The van der Waals surface area contributed by atoms with Crippen LogP contribution in [0.5, 0.6) is 0 Å². The summed E-state index contributed by atoms with van der Waals surface area (Å²) in [5, 5.41) is 0. The SMILES string of the molecule is CC/C=C\C/C=C\C/C=C\C/C=C\C/C=C\C/C=C\C/C=C\C/C=C\CCCCCCCCC(=O)OCC(COC(=O)CCCCCCC/C=C\C/C=C\CCCCCC)OC(=O)CCCCCC/C=C\C/C=C\C/C=C\C/C=C\CC. The van der Waals surface area contributed by atoms with E-state index in [0.717, 1.165) is 186 Å². The van der Waals surface area contributed by atoms with Gasteiger partial charge in [0.05, 0.1) is 0 Å². The van der Waals surface area contributed by atoms with Crippen molar-refractivity contribution < 1.29 is 28.6 Å². The Morgan fingerprint density at radius 3 is 0.744 bits per heavy atom. The third-order valence-corrected chi connectivity index (χ3v) is 13.4. The van der Waals surface area contributed by atoms with Crippen LogP contribution >= 0.6 is 0 Å². The van der Waals surface area contributed by atoms with Crippen molar-refractivity contribution in [3.63, 3.8) is 0 Å². The summed E-state index contributed by atoms with van der Waals surface area (Å²) in [5.41, 5.74) is 0. The highest BCUT2D eigenvalue weighted by molar-refractivity contribution is 5.71. The van der Waals surface area contributed by atoms with Crippen molar-refractivity contribution in [2.75, 3.05) is 13.2 Å². The first kappa shape index (κ1) is 76.8. The molecule has 1 atom stereocenters. The second-order valence-electron chi connectivity index (χ2n) is 21.3. The van der Waals surface area contributed by atoms with Gasteiger partial charge in [0.2, 0.25) is 0 Å². The van der Waals surface area contributed by atoms with Gasteiger partial charge in [-0.3, -0.25) is 14.4 Å². The van der Waals surface area contributed by atoms with Crippen molar-refractivity contribution in [3.8, 4) is 0 Å². The molecule has 0 bridgehead atoms. The van der Waals surface area contributed by atoms with E-state index in [0.29, 0.717) is 12.8 Å². The molecule has 1 unspecified atom stereocenters. The van der Waals surface area contributed by atoms with Crippen LogP contribution in [0.15, 0.2) is 170 Å². The Hall–Kier alpha value is -5.23. The second-order valence-corrected chi connectivity index (χ2v) is 21.3. The topological polar surface area (TPSA) is 78.9 Å². The van der Waals surface area contributed by atoms with Gasteiger partial charge < -0.3 is 14.2 Å². The molecule has 0 N–H and O–H groups in total. The van der Waals surface area contributed by atoms with Gasteiger partial charge in [0, 0.05) is 19.3 Å². The molecular formula is C76H120O6. The van der Waals surface area contributed by atoms with E-state index in [4.69, 9.17) is 14.2 Å². The third kappa shape index (κ3) is 65.6. The number of carbonyl (C=O) groups excluding carboxylic acids is 3. The summed E-state index contributed by atoms with van der Waals surface area (Å²) in [4.78, 5) is 38.4. The van der Waals surface area contributed by atoms with Crippen molar-refractivity contribution in [1.82, 2.24) is 0 Å². The highest BCUT2D eigenvalue weighted by Crippen LogP contribution is 2.14. The first-order valence-electron chi connectivity index (χ1n) is 33.1. The van der Waals surface area contributed by atoms with Crippen LogP contribution in [-0.4, -0.2) is 37.2 Å². The number of hydrogen-bond acceptors (Lipinski definition) is 6. The number of esters is 3. The first-order valence-corrected chi connectivity index (χ1v) is 33.1. The van der Waals surface area contributed by atoms with Crippen LogP contribution in [-0.2, 0) is 28.6 Å². The summed E-state index contributed by atoms with van der Waals surface area (Å²) in [6, 6.07) is 0. The fraction of sp³-hybridized carbons (Fsp3) is 0.592. The van der Waals surface area contributed by atoms with Crippen molar-refractivity contribution >= 4 is 17.9 Å². The molecule has 0 rings (SSSR count). The highest BCUT2D eigenvalue weighted by atomic mass is 16.6.